The normalized spacial score (nSPS) is 11.1. The fourth-order valence-electron chi connectivity index (χ4n) is 1.00. The van der Waals surface area contributed by atoms with Crippen molar-refractivity contribution in [1.29, 1.82) is 0 Å². The number of alkyl halides is 1. The van der Waals surface area contributed by atoms with Gasteiger partial charge >= 0.3 is 0 Å². The maximum atomic E-state index is 11.7. The molecule has 0 fully saturated rings. The van der Waals surface area contributed by atoms with Crippen LogP contribution in [0.4, 0.5) is 11.5 Å². The van der Waals surface area contributed by atoms with Crippen LogP contribution in [-0.2, 0) is 4.79 Å². The molecule has 4 nitrogen and oxygen atoms in total. The van der Waals surface area contributed by atoms with Crippen molar-refractivity contribution in [1.82, 2.24) is 4.98 Å². The van der Waals surface area contributed by atoms with E-state index in [0.29, 0.717) is 5.69 Å². The maximum Gasteiger partial charge on any atom is 0.240 e. The van der Waals surface area contributed by atoms with Gasteiger partial charge in [0.2, 0.25) is 5.91 Å². The maximum absolute atomic E-state index is 11.7. The van der Waals surface area contributed by atoms with E-state index in [9.17, 15) is 4.79 Å². The molecule has 0 aromatic carbocycles. The number of hydrogen-bond donors (Lipinski definition) is 1. The van der Waals surface area contributed by atoms with Crippen LogP contribution in [0.1, 0.15) is 13.8 Å². The number of amides is 1. The monoisotopic (exact) mass is 285 g/mol. The van der Waals surface area contributed by atoms with Crippen molar-refractivity contribution in [2.75, 3.05) is 24.3 Å². The number of carbonyl (C=O) groups is 1. The van der Waals surface area contributed by atoms with Gasteiger partial charge in [-0.25, -0.2) is 4.98 Å². The van der Waals surface area contributed by atoms with E-state index in [-0.39, 0.29) is 5.91 Å². The minimum absolute atomic E-state index is 0.0908. The molecule has 1 heterocycles. The van der Waals surface area contributed by atoms with E-state index in [4.69, 9.17) is 0 Å². The highest BCUT2D eigenvalue weighted by molar-refractivity contribution is 9.10. The van der Waals surface area contributed by atoms with Crippen molar-refractivity contribution >= 4 is 33.3 Å². The summed E-state index contributed by atoms with van der Waals surface area (Å²) in [5.41, 5.74) is 0.697. The second-order valence-electron chi connectivity index (χ2n) is 4.23. The average molecular weight is 286 g/mol. The molecule has 16 heavy (non-hydrogen) atoms. The van der Waals surface area contributed by atoms with Gasteiger partial charge < -0.3 is 10.2 Å². The van der Waals surface area contributed by atoms with Crippen molar-refractivity contribution < 1.29 is 4.79 Å². The Labute approximate surface area is 104 Å². The molecule has 0 saturated heterocycles. The van der Waals surface area contributed by atoms with Gasteiger partial charge in [-0.2, -0.15) is 0 Å². The summed E-state index contributed by atoms with van der Waals surface area (Å²) in [5, 5.41) is 2.78. The summed E-state index contributed by atoms with van der Waals surface area (Å²) in [5.74, 6) is 0.767. The number of hydrogen-bond acceptors (Lipinski definition) is 3. The number of aromatic nitrogens is 1. The van der Waals surface area contributed by atoms with Crippen LogP contribution in [0.15, 0.2) is 18.3 Å². The molecule has 1 rings (SSSR count). The lowest BCUT2D eigenvalue weighted by atomic mass is 10.2. The molecule has 0 spiro atoms. The summed E-state index contributed by atoms with van der Waals surface area (Å²) in [6.45, 7) is 3.59. The molecule has 1 N–H and O–H groups in total. The van der Waals surface area contributed by atoms with Crippen molar-refractivity contribution in [3.63, 3.8) is 0 Å². The highest BCUT2D eigenvalue weighted by Gasteiger charge is 2.23. The Bertz CT molecular complexity index is 368. The zero-order valence-corrected chi connectivity index (χ0v) is 11.5. The van der Waals surface area contributed by atoms with Crippen LogP contribution in [0.5, 0.6) is 0 Å². The third kappa shape index (κ3) is 3.48. The van der Waals surface area contributed by atoms with Crippen LogP contribution in [0.2, 0.25) is 0 Å². The Morgan fingerprint density at radius 2 is 2.06 bits per heavy atom. The lowest BCUT2D eigenvalue weighted by molar-refractivity contribution is -0.117. The number of halogens is 1. The van der Waals surface area contributed by atoms with Gasteiger partial charge in [0.05, 0.1) is 16.2 Å². The molecule has 0 saturated carbocycles. The Hall–Kier alpha value is -1.10. The molecule has 0 unspecified atom stereocenters. The standard InChI is InChI=1S/C11H16BrN3O/c1-11(2,12)10(16)14-8-5-6-9(13-7-8)15(3)4/h5-7H,1-4H3,(H,14,16). The van der Waals surface area contributed by atoms with E-state index in [1.807, 2.05) is 31.1 Å². The Kier molecular flexibility index (Phi) is 3.91. The van der Waals surface area contributed by atoms with Crippen molar-refractivity contribution in [3.8, 4) is 0 Å². The van der Waals surface area contributed by atoms with Gasteiger partial charge in [0.25, 0.3) is 0 Å². The average Bonchev–Trinajstić information content (AvgIpc) is 2.17. The number of nitrogens with one attached hydrogen (secondary N) is 1. The molecule has 88 valence electrons. The van der Waals surface area contributed by atoms with Crippen LogP contribution >= 0.6 is 15.9 Å². The molecule has 1 aromatic heterocycles. The zero-order chi connectivity index (χ0) is 12.3. The number of anilines is 2. The summed E-state index contributed by atoms with van der Waals surface area (Å²) in [6, 6.07) is 3.69. The molecule has 1 aromatic rings. The summed E-state index contributed by atoms with van der Waals surface area (Å²) in [7, 11) is 3.84. The van der Waals surface area contributed by atoms with E-state index in [2.05, 4.69) is 26.2 Å². The minimum atomic E-state index is -0.576. The molecule has 0 bridgehead atoms. The number of rotatable bonds is 3. The quantitative estimate of drug-likeness (QED) is 0.867. The van der Waals surface area contributed by atoms with Gasteiger partial charge in [-0.3, -0.25) is 4.79 Å². The van der Waals surface area contributed by atoms with E-state index >= 15 is 0 Å². The molecule has 0 aliphatic carbocycles. The fourth-order valence-corrected chi connectivity index (χ4v) is 1.10. The number of nitrogens with zero attached hydrogens (tertiary/aromatic N) is 2. The molecule has 0 aliphatic heterocycles. The molecule has 0 atom stereocenters. The summed E-state index contributed by atoms with van der Waals surface area (Å²) < 4.78 is -0.576. The van der Waals surface area contributed by atoms with Gasteiger partial charge in [0.15, 0.2) is 0 Å². The highest BCUT2D eigenvalue weighted by Crippen LogP contribution is 2.19. The number of pyridine rings is 1. The predicted molar refractivity (Wildman–Crippen MR) is 70.2 cm³/mol. The van der Waals surface area contributed by atoms with Gasteiger partial charge in [-0.05, 0) is 26.0 Å². The molecule has 0 aliphatic rings. The van der Waals surface area contributed by atoms with Gasteiger partial charge in [-0.1, -0.05) is 15.9 Å². The Balaban J connectivity index is 2.73. The summed E-state index contributed by atoms with van der Waals surface area (Å²) in [6.07, 6.45) is 1.64. The lowest BCUT2D eigenvalue weighted by Gasteiger charge is -2.16. The summed E-state index contributed by atoms with van der Waals surface area (Å²) >= 11 is 3.30. The van der Waals surface area contributed by atoms with Crippen LogP contribution in [-0.4, -0.2) is 29.3 Å². The second kappa shape index (κ2) is 4.82. The van der Waals surface area contributed by atoms with Gasteiger partial charge in [-0.15, -0.1) is 0 Å². The number of carbonyl (C=O) groups excluding carboxylic acids is 1. The minimum Gasteiger partial charge on any atom is -0.363 e. The van der Waals surface area contributed by atoms with Gasteiger partial charge in [0.1, 0.15) is 5.82 Å². The molecule has 0 radical (unpaired) electrons. The first-order chi connectivity index (χ1) is 7.30. The summed E-state index contributed by atoms with van der Waals surface area (Å²) in [4.78, 5) is 17.8. The van der Waals surface area contributed by atoms with E-state index < -0.39 is 4.32 Å². The first-order valence-electron chi connectivity index (χ1n) is 4.94. The van der Waals surface area contributed by atoms with Crippen LogP contribution in [0, 0.1) is 0 Å². The molecule has 5 heteroatoms. The van der Waals surface area contributed by atoms with Crippen LogP contribution < -0.4 is 10.2 Å². The Morgan fingerprint density at radius 1 is 1.44 bits per heavy atom. The van der Waals surface area contributed by atoms with Gasteiger partial charge in [0, 0.05) is 14.1 Å². The van der Waals surface area contributed by atoms with Crippen molar-refractivity contribution in [2.45, 2.75) is 18.2 Å². The van der Waals surface area contributed by atoms with E-state index in [1.165, 1.54) is 0 Å². The fraction of sp³-hybridized carbons (Fsp3) is 0.455. The third-order valence-corrected chi connectivity index (χ3v) is 2.36. The third-order valence-electron chi connectivity index (χ3n) is 2.00. The molecular formula is C11H16BrN3O. The smallest absolute Gasteiger partial charge is 0.240 e. The van der Waals surface area contributed by atoms with Crippen LogP contribution in [0.3, 0.4) is 0 Å². The largest absolute Gasteiger partial charge is 0.363 e. The first-order valence-corrected chi connectivity index (χ1v) is 5.74. The lowest BCUT2D eigenvalue weighted by Crippen LogP contribution is -2.31. The molecular weight excluding hydrogens is 270 g/mol. The topological polar surface area (TPSA) is 45.2 Å². The predicted octanol–water partition coefficient (Wildman–Crippen LogP) is 2.26. The van der Waals surface area contributed by atoms with Crippen molar-refractivity contribution in [2.24, 2.45) is 0 Å². The first kappa shape index (κ1) is 13.0. The van der Waals surface area contributed by atoms with Crippen LogP contribution in [0.25, 0.3) is 0 Å². The van der Waals surface area contributed by atoms with Crippen molar-refractivity contribution in [3.05, 3.63) is 18.3 Å². The molecule has 1 amide bonds. The highest BCUT2D eigenvalue weighted by atomic mass is 79.9. The van der Waals surface area contributed by atoms with E-state index in [0.717, 1.165) is 5.82 Å². The second-order valence-corrected chi connectivity index (χ2v) is 6.21. The Morgan fingerprint density at radius 3 is 2.44 bits per heavy atom. The zero-order valence-electron chi connectivity index (χ0n) is 9.91. The SMILES string of the molecule is CN(C)c1ccc(NC(=O)C(C)(C)Br)cn1. The van der Waals surface area contributed by atoms with E-state index in [1.54, 1.807) is 20.0 Å².